The van der Waals surface area contributed by atoms with Crippen molar-refractivity contribution in [3.8, 4) is 0 Å². The molecule has 0 radical (unpaired) electrons. The van der Waals surface area contributed by atoms with Crippen LogP contribution < -0.4 is 5.32 Å². The van der Waals surface area contributed by atoms with Crippen molar-refractivity contribution in [2.75, 3.05) is 6.54 Å². The lowest BCUT2D eigenvalue weighted by atomic mass is 10.1. The molecular formula is C8H15NOS. The van der Waals surface area contributed by atoms with Gasteiger partial charge in [0.1, 0.15) is 0 Å². The normalized spacial score (nSPS) is 10.8. The number of rotatable bonds is 4. The van der Waals surface area contributed by atoms with E-state index in [0.29, 0.717) is 6.54 Å². The van der Waals surface area contributed by atoms with Gasteiger partial charge in [-0.1, -0.05) is 20.4 Å². The fraction of sp³-hybridized carbons (Fsp3) is 0.625. The molecule has 0 aromatic carbocycles. The summed E-state index contributed by atoms with van der Waals surface area (Å²) in [6.07, 6.45) is 2.13. The molecule has 1 amide bonds. The van der Waals surface area contributed by atoms with Crippen molar-refractivity contribution in [1.29, 1.82) is 0 Å². The van der Waals surface area contributed by atoms with Crippen molar-refractivity contribution in [3.05, 3.63) is 12.7 Å². The maximum Gasteiger partial charge on any atom is 0.243 e. The zero-order chi connectivity index (χ0) is 8.91. The number of nitrogens with one attached hydrogen (secondary N) is 1. The minimum atomic E-state index is -0.123. The van der Waals surface area contributed by atoms with Crippen LogP contribution in [0.3, 0.4) is 0 Å². The van der Waals surface area contributed by atoms with Gasteiger partial charge in [-0.25, -0.2) is 0 Å². The summed E-state index contributed by atoms with van der Waals surface area (Å²) in [7, 11) is 0. The first-order valence-electron chi connectivity index (χ1n) is 3.58. The number of hydrogen-bond donors (Lipinski definition) is 2. The van der Waals surface area contributed by atoms with Gasteiger partial charge in [0, 0.05) is 11.3 Å². The Morgan fingerprint density at radius 3 is 2.64 bits per heavy atom. The monoisotopic (exact) mass is 173 g/mol. The van der Waals surface area contributed by atoms with E-state index in [1.807, 2.05) is 13.8 Å². The Kier molecular flexibility index (Phi) is 4.26. The number of hydrogen-bond acceptors (Lipinski definition) is 2. The molecule has 0 atom stereocenters. The van der Waals surface area contributed by atoms with E-state index in [1.54, 1.807) is 0 Å². The number of carbonyl (C=O) groups excluding carboxylic acids is 1. The van der Waals surface area contributed by atoms with Crippen molar-refractivity contribution in [1.82, 2.24) is 5.32 Å². The van der Waals surface area contributed by atoms with Gasteiger partial charge >= 0.3 is 0 Å². The SMILES string of the molecule is C=CC(=O)NCCC(C)(C)S. The summed E-state index contributed by atoms with van der Waals surface area (Å²) in [5.74, 6) is -0.123. The quantitative estimate of drug-likeness (QED) is 0.488. The zero-order valence-corrected chi connectivity index (χ0v) is 7.95. The highest BCUT2D eigenvalue weighted by Crippen LogP contribution is 2.15. The maximum absolute atomic E-state index is 10.6. The summed E-state index contributed by atoms with van der Waals surface area (Å²) in [6, 6.07) is 0. The Labute approximate surface area is 73.5 Å². The largest absolute Gasteiger partial charge is 0.353 e. The van der Waals surface area contributed by atoms with E-state index in [1.165, 1.54) is 6.08 Å². The molecule has 0 spiro atoms. The van der Waals surface area contributed by atoms with Crippen LogP contribution >= 0.6 is 12.6 Å². The molecule has 0 aliphatic carbocycles. The van der Waals surface area contributed by atoms with Gasteiger partial charge in [0.2, 0.25) is 5.91 Å². The summed E-state index contributed by atoms with van der Waals surface area (Å²) in [5, 5.41) is 2.68. The molecule has 0 bridgehead atoms. The molecule has 0 aromatic rings. The highest BCUT2D eigenvalue weighted by atomic mass is 32.1. The number of amides is 1. The molecule has 64 valence electrons. The highest BCUT2D eigenvalue weighted by Gasteiger charge is 2.10. The van der Waals surface area contributed by atoms with Crippen LogP contribution in [0.25, 0.3) is 0 Å². The molecule has 0 unspecified atom stereocenters. The second kappa shape index (κ2) is 4.44. The van der Waals surface area contributed by atoms with Crippen molar-refractivity contribution >= 4 is 18.5 Å². The van der Waals surface area contributed by atoms with E-state index < -0.39 is 0 Å². The lowest BCUT2D eigenvalue weighted by molar-refractivity contribution is -0.116. The van der Waals surface area contributed by atoms with Gasteiger partial charge in [-0.05, 0) is 12.5 Å². The molecule has 0 saturated heterocycles. The van der Waals surface area contributed by atoms with Crippen LogP contribution in [-0.4, -0.2) is 17.2 Å². The number of thiol groups is 1. The second-order valence-corrected chi connectivity index (χ2v) is 4.27. The van der Waals surface area contributed by atoms with E-state index in [2.05, 4.69) is 24.5 Å². The summed E-state index contributed by atoms with van der Waals surface area (Å²) >= 11 is 4.31. The van der Waals surface area contributed by atoms with E-state index in [-0.39, 0.29) is 10.7 Å². The van der Waals surface area contributed by atoms with Crippen LogP contribution in [0.15, 0.2) is 12.7 Å². The molecule has 11 heavy (non-hydrogen) atoms. The van der Waals surface area contributed by atoms with Crippen molar-refractivity contribution in [2.24, 2.45) is 0 Å². The van der Waals surface area contributed by atoms with Gasteiger partial charge in [0.25, 0.3) is 0 Å². The minimum Gasteiger partial charge on any atom is -0.353 e. The molecule has 0 rings (SSSR count). The summed E-state index contributed by atoms with van der Waals surface area (Å²) in [6.45, 7) is 8.02. The van der Waals surface area contributed by atoms with Crippen LogP contribution in [0, 0.1) is 0 Å². The Morgan fingerprint density at radius 2 is 2.27 bits per heavy atom. The molecule has 0 saturated carbocycles. The van der Waals surface area contributed by atoms with Gasteiger partial charge in [-0.15, -0.1) is 0 Å². The fourth-order valence-electron chi connectivity index (χ4n) is 0.564. The van der Waals surface area contributed by atoms with Gasteiger partial charge in [-0.3, -0.25) is 4.79 Å². The Balaban J connectivity index is 3.42. The van der Waals surface area contributed by atoms with Crippen LogP contribution in [0.1, 0.15) is 20.3 Å². The first-order chi connectivity index (χ1) is 4.95. The molecule has 2 nitrogen and oxygen atoms in total. The summed E-state index contributed by atoms with van der Waals surface area (Å²) in [5.41, 5.74) is 0. The van der Waals surface area contributed by atoms with Crippen LogP contribution in [0.5, 0.6) is 0 Å². The predicted molar refractivity (Wildman–Crippen MR) is 50.9 cm³/mol. The fourth-order valence-corrected chi connectivity index (χ4v) is 0.676. The average molecular weight is 173 g/mol. The third kappa shape index (κ3) is 7.46. The standard InChI is InChI=1S/C8H15NOS/c1-4-7(10)9-6-5-8(2,3)11/h4,11H,1,5-6H2,2-3H3,(H,9,10). The van der Waals surface area contributed by atoms with Gasteiger partial charge in [0.05, 0.1) is 0 Å². The third-order valence-electron chi connectivity index (χ3n) is 1.22. The van der Waals surface area contributed by atoms with E-state index in [0.717, 1.165) is 6.42 Å². The molecule has 1 N–H and O–H groups in total. The van der Waals surface area contributed by atoms with Gasteiger partial charge in [-0.2, -0.15) is 12.6 Å². The molecule has 3 heteroatoms. The Hall–Kier alpha value is -0.440. The van der Waals surface area contributed by atoms with Crippen molar-refractivity contribution in [2.45, 2.75) is 25.0 Å². The van der Waals surface area contributed by atoms with Gasteiger partial charge in [0.15, 0.2) is 0 Å². The summed E-state index contributed by atoms with van der Waals surface area (Å²) in [4.78, 5) is 10.6. The lowest BCUT2D eigenvalue weighted by Crippen LogP contribution is -2.26. The molecule has 0 heterocycles. The van der Waals surface area contributed by atoms with E-state index >= 15 is 0 Å². The first kappa shape index (κ1) is 10.6. The summed E-state index contributed by atoms with van der Waals surface area (Å²) < 4.78 is -0.0194. The average Bonchev–Trinajstić information content (AvgIpc) is 1.85. The second-order valence-electron chi connectivity index (χ2n) is 3.06. The van der Waals surface area contributed by atoms with Crippen molar-refractivity contribution in [3.63, 3.8) is 0 Å². The van der Waals surface area contributed by atoms with Crippen LogP contribution in [0.4, 0.5) is 0 Å². The Bertz CT molecular complexity index is 149. The van der Waals surface area contributed by atoms with E-state index in [9.17, 15) is 4.79 Å². The molecule has 0 aliphatic rings. The zero-order valence-electron chi connectivity index (χ0n) is 7.05. The first-order valence-corrected chi connectivity index (χ1v) is 4.03. The van der Waals surface area contributed by atoms with Crippen molar-refractivity contribution < 1.29 is 4.79 Å². The molecular weight excluding hydrogens is 158 g/mol. The van der Waals surface area contributed by atoms with Gasteiger partial charge < -0.3 is 5.32 Å². The predicted octanol–water partition coefficient (Wildman–Crippen LogP) is 1.39. The molecule has 0 aromatic heterocycles. The third-order valence-corrected chi connectivity index (χ3v) is 1.45. The lowest BCUT2D eigenvalue weighted by Gasteiger charge is -2.16. The minimum absolute atomic E-state index is 0.0194. The van der Waals surface area contributed by atoms with Crippen LogP contribution in [-0.2, 0) is 4.79 Å². The highest BCUT2D eigenvalue weighted by molar-refractivity contribution is 7.81. The maximum atomic E-state index is 10.6. The molecule has 0 aliphatic heterocycles. The van der Waals surface area contributed by atoms with Crippen LogP contribution in [0.2, 0.25) is 0 Å². The smallest absolute Gasteiger partial charge is 0.243 e. The number of carbonyl (C=O) groups is 1. The Morgan fingerprint density at radius 1 is 1.73 bits per heavy atom. The molecule has 0 fully saturated rings. The topological polar surface area (TPSA) is 29.1 Å². The van der Waals surface area contributed by atoms with E-state index in [4.69, 9.17) is 0 Å².